The Hall–Kier alpha value is -3.78. The molecule has 0 radical (unpaired) electrons. The van der Waals surface area contributed by atoms with Crippen LogP contribution in [0.3, 0.4) is 0 Å². The number of nitrogens with zero attached hydrogens (tertiary/aromatic N) is 1. The van der Waals surface area contributed by atoms with E-state index < -0.39 is 30.1 Å². The Labute approximate surface area is 215 Å². The third kappa shape index (κ3) is 3.46. The molecule has 0 aliphatic carbocycles. The Kier molecular flexibility index (Phi) is 5.18. The number of carbonyl (C=O) groups excluding carboxylic acids is 2. The summed E-state index contributed by atoms with van der Waals surface area (Å²) in [4.78, 5) is 26.5. The molecule has 1 fully saturated rings. The van der Waals surface area contributed by atoms with E-state index >= 15 is 0 Å². The van der Waals surface area contributed by atoms with Crippen LogP contribution in [0.25, 0.3) is 33.0 Å². The number of benzene rings is 4. The Balaban J connectivity index is 1.56. The standard InChI is InChI=1S/C30H26BNO5/c1-29(2)30(3,4)37-31(36-29)20-16-14-19(15-17-20)24-22-13-9-8-12-21(22)23(18-10-6-5-7-11-18)25-26(24)28(34)32(35)27(25)33/h5-17,35H,1-4H3. The summed E-state index contributed by atoms with van der Waals surface area (Å²) in [5, 5.41) is 12.3. The lowest BCUT2D eigenvalue weighted by molar-refractivity contribution is -0.0326. The molecule has 4 aromatic rings. The van der Waals surface area contributed by atoms with Gasteiger partial charge in [0.05, 0.1) is 22.3 Å². The molecular weight excluding hydrogens is 465 g/mol. The van der Waals surface area contributed by atoms with Crippen molar-refractivity contribution < 1.29 is 24.1 Å². The van der Waals surface area contributed by atoms with Crippen LogP contribution in [0.2, 0.25) is 0 Å². The van der Waals surface area contributed by atoms with Gasteiger partial charge in [0, 0.05) is 11.1 Å². The lowest BCUT2D eigenvalue weighted by atomic mass is 9.78. The van der Waals surface area contributed by atoms with Gasteiger partial charge in [0.25, 0.3) is 11.8 Å². The van der Waals surface area contributed by atoms with Crippen molar-refractivity contribution in [2.45, 2.75) is 38.9 Å². The van der Waals surface area contributed by atoms with E-state index in [1.807, 2.05) is 107 Å². The molecule has 6 rings (SSSR count). The summed E-state index contributed by atoms with van der Waals surface area (Å²) in [5.74, 6) is -1.45. The molecule has 2 aliphatic rings. The number of hydrogen-bond donors (Lipinski definition) is 1. The predicted octanol–water partition coefficient (Wildman–Crippen LogP) is 5.46. The van der Waals surface area contributed by atoms with E-state index in [0.717, 1.165) is 27.4 Å². The molecule has 2 amide bonds. The first kappa shape index (κ1) is 23.6. The summed E-state index contributed by atoms with van der Waals surface area (Å²) in [6.07, 6.45) is 0. The molecule has 0 unspecified atom stereocenters. The monoisotopic (exact) mass is 491 g/mol. The second-order valence-corrected chi connectivity index (χ2v) is 10.5. The van der Waals surface area contributed by atoms with E-state index in [0.29, 0.717) is 11.1 Å². The number of imide groups is 1. The van der Waals surface area contributed by atoms with Gasteiger partial charge in [-0.25, -0.2) is 0 Å². The number of hydroxylamine groups is 2. The molecule has 2 aliphatic heterocycles. The summed E-state index contributed by atoms with van der Waals surface area (Å²) < 4.78 is 12.4. The molecule has 4 aromatic carbocycles. The first-order valence-electron chi connectivity index (χ1n) is 12.3. The Morgan fingerprint density at radius 2 is 1.05 bits per heavy atom. The largest absolute Gasteiger partial charge is 0.494 e. The minimum Gasteiger partial charge on any atom is -0.399 e. The molecular formula is C30H26BNO5. The fourth-order valence-electron chi connectivity index (χ4n) is 5.16. The molecule has 6 nitrogen and oxygen atoms in total. The minimum atomic E-state index is -0.729. The number of rotatable bonds is 3. The fourth-order valence-corrected chi connectivity index (χ4v) is 5.16. The van der Waals surface area contributed by atoms with Crippen molar-refractivity contribution in [3.8, 4) is 22.3 Å². The van der Waals surface area contributed by atoms with Crippen LogP contribution in [-0.4, -0.2) is 40.4 Å². The number of hydrogen-bond acceptors (Lipinski definition) is 5. The lowest BCUT2D eigenvalue weighted by Crippen LogP contribution is -2.41. The normalized spacial score (nSPS) is 18.1. The Morgan fingerprint density at radius 1 is 0.622 bits per heavy atom. The van der Waals surface area contributed by atoms with Gasteiger partial charge in [0.15, 0.2) is 0 Å². The van der Waals surface area contributed by atoms with Crippen molar-refractivity contribution in [2.75, 3.05) is 0 Å². The fraction of sp³-hybridized carbons (Fsp3) is 0.200. The molecule has 0 atom stereocenters. The highest BCUT2D eigenvalue weighted by molar-refractivity contribution is 6.62. The van der Waals surface area contributed by atoms with Gasteiger partial charge < -0.3 is 9.31 Å². The summed E-state index contributed by atoms with van der Waals surface area (Å²) in [5.41, 5.74) is 3.15. The molecule has 7 heteroatoms. The van der Waals surface area contributed by atoms with Gasteiger partial charge >= 0.3 is 7.12 Å². The molecule has 184 valence electrons. The maximum Gasteiger partial charge on any atom is 0.494 e. The van der Waals surface area contributed by atoms with E-state index in [1.54, 1.807) is 0 Å². The van der Waals surface area contributed by atoms with Crippen LogP contribution in [0.15, 0.2) is 78.9 Å². The van der Waals surface area contributed by atoms with Gasteiger partial charge in [-0.2, -0.15) is 0 Å². The SMILES string of the molecule is CC1(C)OB(c2ccc(-c3c4c(c(-c5ccccc5)c5ccccc35)C(=O)N(O)C4=O)cc2)OC1(C)C. The smallest absolute Gasteiger partial charge is 0.399 e. The second-order valence-electron chi connectivity index (χ2n) is 10.5. The summed E-state index contributed by atoms with van der Waals surface area (Å²) in [7, 11) is -0.516. The van der Waals surface area contributed by atoms with Crippen LogP contribution in [0.4, 0.5) is 0 Å². The molecule has 1 saturated heterocycles. The van der Waals surface area contributed by atoms with E-state index in [9.17, 15) is 14.8 Å². The third-order valence-corrected chi connectivity index (χ3v) is 7.82. The van der Waals surface area contributed by atoms with Crippen LogP contribution in [-0.2, 0) is 9.31 Å². The van der Waals surface area contributed by atoms with Gasteiger partial charge in [0.1, 0.15) is 0 Å². The Bertz CT molecular complexity index is 1560. The zero-order valence-electron chi connectivity index (χ0n) is 21.1. The van der Waals surface area contributed by atoms with Gasteiger partial charge in [-0.3, -0.25) is 14.8 Å². The third-order valence-electron chi connectivity index (χ3n) is 7.82. The average Bonchev–Trinajstić information content (AvgIpc) is 3.25. The molecule has 0 bridgehead atoms. The Morgan fingerprint density at radius 3 is 1.54 bits per heavy atom. The summed E-state index contributed by atoms with van der Waals surface area (Å²) >= 11 is 0. The van der Waals surface area contributed by atoms with Gasteiger partial charge in [-0.15, -0.1) is 5.06 Å². The minimum absolute atomic E-state index is 0.202. The van der Waals surface area contributed by atoms with Crippen molar-refractivity contribution >= 4 is 35.2 Å². The highest BCUT2D eigenvalue weighted by Crippen LogP contribution is 2.45. The van der Waals surface area contributed by atoms with Crippen molar-refractivity contribution in [3.05, 3.63) is 90.0 Å². The maximum absolute atomic E-state index is 13.3. The summed E-state index contributed by atoms with van der Waals surface area (Å²) in [6.45, 7) is 8.03. The van der Waals surface area contributed by atoms with Crippen molar-refractivity contribution in [3.63, 3.8) is 0 Å². The highest BCUT2D eigenvalue weighted by atomic mass is 16.7. The van der Waals surface area contributed by atoms with Crippen LogP contribution < -0.4 is 5.46 Å². The topological polar surface area (TPSA) is 76.1 Å². The molecule has 0 spiro atoms. The number of carbonyl (C=O) groups is 2. The van der Waals surface area contributed by atoms with Gasteiger partial charge in [0.2, 0.25) is 0 Å². The maximum atomic E-state index is 13.3. The quantitative estimate of drug-likeness (QED) is 0.234. The second kappa shape index (κ2) is 8.11. The zero-order valence-corrected chi connectivity index (χ0v) is 21.1. The van der Waals surface area contributed by atoms with E-state index in [-0.39, 0.29) is 16.2 Å². The first-order valence-corrected chi connectivity index (χ1v) is 12.3. The van der Waals surface area contributed by atoms with Crippen molar-refractivity contribution in [2.24, 2.45) is 0 Å². The van der Waals surface area contributed by atoms with E-state index in [2.05, 4.69) is 0 Å². The van der Waals surface area contributed by atoms with E-state index in [1.165, 1.54) is 0 Å². The highest BCUT2D eigenvalue weighted by Gasteiger charge is 2.51. The molecule has 0 aromatic heterocycles. The van der Waals surface area contributed by atoms with Crippen LogP contribution in [0.1, 0.15) is 48.4 Å². The summed E-state index contributed by atoms with van der Waals surface area (Å²) in [6, 6.07) is 24.8. The van der Waals surface area contributed by atoms with Gasteiger partial charge in [-0.05, 0) is 55.1 Å². The first-order chi connectivity index (χ1) is 17.6. The van der Waals surface area contributed by atoms with Gasteiger partial charge in [-0.1, -0.05) is 78.9 Å². The van der Waals surface area contributed by atoms with E-state index in [4.69, 9.17) is 9.31 Å². The molecule has 37 heavy (non-hydrogen) atoms. The number of fused-ring (bicyclic) bond motifs is 2. The van der Waals surface area contributed by atoms with Crippen molar-refractivity contribution in [1.29, 1.82) is 0 Å². The molecule has 0 saturated carbocycles. The average molecular weight is 491 g/mol. The van der Waals surface area contributed by atoms with Crippen LogP contribution in [0, 0.1) is 0 Å². The molecule has 1 N–H and O–H groups in total. The zero-order chi connectivity index (χ0) is 26.1. The van der Waals surface area contributed by atoms with Crippen LogP contribution >= 0.6 is 0 Å². The lowest BCUT2D eigenvalue weighted by Gasteiger charge is -2.32. The number of amides is 2. The van der Waals surface area contributed by atoms with Crippen molar-refractivity contribution in [1.82, 2.24) is 5.06 Å². The predicted molar refractivity (Wildman–Crippen MR) is 143 cm³/mol. The molecule has 2 heterocycles. The van der Waals surface area contributed by atoms with Crippen LogP contribution in [0.5, 0.6) is 0 Å².